The van der Waals surface area contributed by atoms with Gasteiger partial charge in [0.1, 0.15) is 6.54 Å². The van der Waals surface area contributed by atoms with Gasteiger partial charge in [-0.15, -0.1) is 0 Å². The normalized spacial score (nSPS) is 17.0. The Morgan fingerprint density at radius 1 is 1.35 bits per heavy atom. The fraction of sp³-hybridized carbons (Fsp3) is 0.444. The van der Waals surface area contributed by atoms with Gasteiger partial charge in [0.25, 0.3) is 0 Å². The van der Waals surface area contributed by atoms with Crippen molar-refractivity contribution in [1.82, 2.24) is 20.4 Å². The van der Waals surface area contributed by atoms with Gasteiger partial charge in [0, 0.05) is 18.7 Å². The summed E-state index contributed by atoms with van der Waals surface area (Å²) in [5.41, 5.74) is 0.891. The van der Waals surface area contributed by atoms with Crippen molar-refractivity contribution in [3.63, 3.8) is 0 Å². The average molecular weight is 358 g/mol. The van der Waals surface area contributed by atoms with Gasteiger partial charge in [-0.05, 0) is 19.8 Å². The van der Waals surface area contributed by atoms with Crippen LogP contribution in [0, 0.1) is 0 Å². The lowest BCUT2D eigenvalue weighted by Crippen LogP contribution is -2.46. The fourth-order valence-electron chi connectivity index (χ4n) is 2.94. The molecular weight excluding hydrogens is 336 g/mol. The van der Waals surface area contributed by atoms with Crippen LogP contribution in [0.15, 0.2) is 34.9 Å². The number of hydrogen-bond donors (Lipinski definition) is 1. The number of likely N-dealkylation sites (tertiary alicyclic amines) is 1. The minimum absolute atomic E-state index is 0.0120. The average Bonchev–Trinajstić information content (AvgIpc) is 3.17. The molecule has 1 N–H and O–H groups in total. The molecular formula is C18H22N4O4. The van der Waals surface area contributed by atoms with Crippen molar-refractivity contribution in [3.8, 4) is 11.4 Å². The van der Waals surface area contributed by atoms with Crippen LogP contribution in [0.1, 0.15) is 31.6 Å². The lowest BCUT2D eigenvalue weighted by molar-refractivity contribution is -0.141. The van der Waals surface area contributed by atoms with E-state index in [4.69, 9.17) is 9.26 Å². The van der Waals surface area contributed by atoms with Crippen molar-refractivity contribution in [2.45, 2.75) is 25.7 Å². The number of amides is 2. The van der Waals surface area contributed by atoms with Crippen LogP contribution in [-0.4, -0.2) is 53.3 Å². The summed E-state index contributed by atoms with van der Waals surface area (Å²) < 4.78 is 10.2. The smallest absolute Gasteiger partial charge is 0.325 e. The maximum Gasteiger partial charge on any atom is 0.325 e. The molecule has 3 rings (SSSR count). The number of ether oxygens (including phenoxy) is 1. The molecule has 0 radical (unpaired) electrons. The highest BCUT2D eigenvalue weighted by molar-refractivity contribution is 5.80. The van der Waals surface area contributed by atoms with E-state index < -0.39 is 5.97 Å². The monoisotopic (exact) mass is 358 g/mol. The van der Waals surface area contributed by atoms with Gasteiger partial charge in [-0.1, -0.05) is 35.5 Å². The maximum absolute atomic E-state index is 12.3. The van der Waals surface area contributed by atoms with Gasteiger partial charge in [0.05, 0.1) is 12.5 Å². The van der Waals surface area contributed by atoms with E-state index >= 15 is 0 Å². The van der Waals surface area contributed by atoms with E-state index in [9.17, 15) is 9.59 Å². The highest BCUT2D eigenvalue weighted by atomic mass is 16.5. The first-order chi connectivity index (χ1) is 12.7. The van der Waals surface area contributed by atoms with E-state index in [0.29, 0.717) is 31.4 Å². The number of hydrogen-bond acceptors (Lipinski definition) is 6. The van der Waals surface area contributed by atoms with E-state index in [1.807, 2.05) is 30.3 Å². The summed E-state index contributed by atoms with van der Waals surface area (Å²) in [6.07, 6.45) is 1.71. The lowest BCUT2D eigenvalue weighted by Gasteiger charge is -2.30. The largest absolute Gasteiger partial charge is 0.465 e. The van der Waals surface area contributed by atoms with Crippen molar-refractivity contribution in [2.75, 3.05) is 26.2 Å². The van der Waals surface area contributed by atoms with Gasteiger partial charge in [-0.3, -0.25) is 4.79 Å². The fourth-order valence-corrected chi connectivity index (χ4v) is 2.94. The number of aromatic nitrogens is 2. The second kappa shape index (κ2) is 8.46. The minimum Gasteiger partial charge on any atom is -0.465 e. The summed E-state index contributed by atoms with van der Waals surface area (Å²) in [4.78, 5) is 29.8. The molecule has 0 aliphatic carbocycles. The Labute approximate surface area is 151 Å². The van der Waals surface area contributed by atoms with Crippen LogP contribution in [0.5, 0.6) is 0 Å². The summed E-state index contributed by atoms with van der Waals surface area (Å²) in [6.45, 7) is 2.99. The summed E-state index contributed by atoms with van der Waals surface area (Å²) in [6, 6.07) is 9.32. The Hall–Kier alpha value is -2.90. The van der Waals surface area contributed by atoms with Gasteiger partial charge in [-0.2, -0.15) is 4.98 Å². The number of carbonyl (C=O) groups excluding carboxylic acids is 2. The van der Waals surface area contributed by atoms with Crippen LogP contribution in [-0.2, 0) is 9.53 Å². The molecule has 138 valence electrons. The minimum atomic E-state index is -0.446. The van der Waals surface area contributed by atoms with E-state index in [0.717, 1.165) is 18.4 Å². The molecule has 1 aliphatic heterocycles. The van der Waals surface area contributed by atoms with Crippen molar-refractivity contribution >= 4 is 12.0 Å². The number of nitrogens with zero attached hydrogens (tertiary/aromatic N) is 3. The summed E-state index contributed by atoms with van der Waals surface area (Å²) in [5.74, 6) is 0.622. The lowest BCUT2D eigenvalue weighted by atomic mass is 9.98. The molecule has 1 fully saturated rings. The summed E-state index contributed by atoms with van der Waals surface area (Å²) >= 11 is 0. The number of urea groups is 1. The molecule has 2 amide bonds. The second-order valence-corrected chi connectivity index (χ2v) is 6.07. The highest BCUT2D eigenvalue weighted by Crippen LogP contribution is 2.27. The van der Waals surface area contributed by atoms with Crippen molar-refractivity contribution in [1.29, 1.82) is 0 Å². The molecule has 2 heterocycles. The van der Waals surface area contributed by atoms with Gasteiger partial charge < -0.3 is 19.5 Å². The zero-order valence-electron chi connectivity index (χ0n) is 14.7. The van der Waals surface area contributed by atoms with Crippen LogP contribution in [0.4, 0.5) is 4.79 Å². The number of esters is 1. The Morgan fingerprint density at radius 2 is 2.15 bits per heavy atom. The molecule has 0 bridgehead atoms. The van der Waals surface area contributed by atoms with Gasteiger partial charge in [0.15, 0.2) is 0 Å². The van der Waals surface area contributed by atoms with Gasteiger partial charge >= 0.3 is 12.0 Å². The van der Waals surface area contributed by atoms with Gasteiger partial charge in [-0.25, -0.2) is 4.79 Å². The molecule has 1 aromatic heterocycles. The predicted molar refractivity (Wildman–Crippen MR) is 93.3 cm³/mol. The van der Waals surface area contributed by atoms with E-state index in [1.54, 1.807) is 11.8 Å². The van der Waals surface area contributed by atoms with E-state index in [-0.39, 0.29) is 18.5 Å². The first-order valence-corrected chi connectivity index (χ1v) is 8.74. The third-order valence-corrected chi connectivity index (χ3v) is 4.22. The standard InChI is InChI=1S/C18H22N4O4/c1-2-25-15(23)11-19-18(24)22-10-6-9-14(12-22)17-20-16(21-26-17)13-7-4-3-5-8-13/h3-5,7-8,14H,2,6,9-12H2,1H3,(H,19,24). The second-order valence-electron chi connectivity index (χ2n) is 6.07. The molecule has 1 aromatic carbocycles. The van der Waals surface area contributed by atoms with E-state index in [1.165, 1.54) is 0 Å². The van der Waals surface area contributed by atoms with Crippen LogP contribution in [0.3, 0.4) is 0 Å². The van der Waals surface area contributed by atoms with Gasteiger partial charge in [0.2, 0.25) is 11.7 Å². The molecule has 1 unspecified atom stereocenters. The Balaban J connectivity index is 1.59. The first kappa shape index (κ1) is 17.9. The molecule has 8 nitrogen and oxygen atoms in total. The number of nitrogens with one attached hydrogen (secondary N) is 1. The van der Waals surface area contributed by atoms with Crippen LogP contribution in [0.25, 0.3) is 11.4 Å². The van der Waals surface area contributed by atoms with E-state index in [2.05, 4.69) is 15.5 Å². The summed E-state index contributed by atoms with van der Waals surface area (Å²) in [5, 5.41) is 6.63. The third-order valence-electron chi connectivity index (χ3n) is 4.22. The van der Waals surface area contributed by atoms with Crippen LogP contribution < -0.4 is 5.32 Å². The van der Waals surface area contributed by atoms with Crippen molar-refractivity contribution in [2.24, 2.45) is 0 Å². The summed E-state index contributed by atoms with van der Waals surface area (Å²) in [7, 11) is 0. The predicted octanol–water partition coefficient (Wildman–Crippen LogP) is 2.19. The molecule has 1 saturated heterocycles. The van der Waals surface area contributed by atoms with Crippen LogP contribution in [0.2, 0.25) is 0 Å². The Bertz CT molecular complexity index is 747. The molecule has 1 atom stereocenters. The molecule has 26 heavy (non-hydrogen) atoms. The number of benzene rings is 1. The zero-order chi connectivity index (χ0) is 18.4. The molecule has 2 aromatic rings. The highest BCUT2D eigenvalue weighted by Gasteiger charge is 2.28. The quantitative estimate of drug-likeness (QED) is 0.823. The number of rotatable bonds is 5. The molecule has 8 heteroatoms. The Kier molecular flexibility index (Phi) is 5.83. The molecule has 0 spiro atoms. The topological polar surface area (TPSA) is 97.6 Å². The van der Waals surface area contributed by atoms with Crippen LogP contribution >= 0.6 is 0 Å². The SMILES string of the molecule is CCOC(=O)CNC(=O)N1CCCC(c2nc(-c3ccccc3)no2)C1. The van der Waals surface area contributed by atoms with Crippen molar-refractivity contribution in [3.05, 3.63) is 36.2 Å². The third kappa shape index (κ3) is 4.38. The zero-order valence-corrected chi connectivity index (χ0v) is 14.7. The Morgan fingerprint density at radius 3 is 2.92 bits per heavy atom. The number of piperidine rings is 1. The molecule has 0 saturated carbocycles. The maximum atomic E-state index is 12.3. The van der Waals surface area contributed by atoms with Crippen molar-refractivity contribution < 1.29 is 18.8 Å². The first-order valence-electron chi connectivity index (χ1n) is 8.74. The molecule has 1 aliphatic rings. The number of carbonyl (C=O) groups is 2.